The van der Waals surface area contributed by atoms with Crippen molar-refractivity contribution in [1.29, 1.82) is 0 Å². The van der Waals surface area contributed by atoms with Crippen molar-refractivity contribution in [3.8, 4) is 0 Å². The third-order valence-corrected chi connectivity index (χ3v) is 2.69. The van der Waals surface area contributed by atoms with Crippen LogP contribution in [0.5, 0.6) is 0 Å². The normalized spacial score (nSPS) is 39.8. The molecule has 0 bridgehead atoms. The Kier molecular flexibility index (Phi) is 2.20. The lowest BCUT2D eigenvalue weighted by Crippen LogP contribution is -2.32. The van der Waals surface area contributed by atoms with E-state index in [1.165, 1.54) is 13.0 Å². The Hall–Kier alpha value is 0.310. The van der Waals surface area contributed by atoms with Crippen LogP contribution in [-0.4, -0.2) is 17.2 Å². The summed E-state index contributed by atoms with van der Waals surface area (Å²) in [5.41, 5.74) is 0. The highest BCUT2D eigenvalue weighted by molar-refractivity contribution is 8.00. The van der Waals surface area contributed by atoms with E-state index in [9.17, 15) is 0 Å². The molecule has 1 saturated heterocycles. The molecule has 1 N–H and O–H groups in total. The van der Waals surface area contributed by atoms with Gasteiger partial charge in [-0.2, -0.15) is 0 Å². The Morgan fingerprint density at radius 1 is 1.50 bits per heavy atom. The highest BCUT2D eigenvalue weighted by atomic mass is 32.2. The summed E-state index contributed by atoms with van der Waals surface area (Å²) in [6, 6.07) is 0. The molecule has 48 valence electrons. The summed E-state index contributed by atoms with van der Waals surface area (Å²) in [6.07, 6.45) is 1.33. The Balaban J connectivity index is 2.23. The molecule has 0 radical (unpaired) electrons. The van der Waals surface area contributed by atoms with Crippen molar-refractivity contribution in [3.63, 3.8) is 0 Å². The van der Waals surface area contributed by atoms with E-state index in [4.69, 9.17) is 0 Å². The van der Waals surface area contributed by atoms with Gasteiger partial charge in [-0.05, 0) is 19.9 Å². The molecule has 1 aliphatic heterocycles. The first-order valence-corrected chi connectivity index (χ1v) is 4.12. The van der Waals surface area contributed by atoms with Gasteiger partial charge in [0.25, 0.3) is 0 Å². The van der Waals surface area contributed by atoms with Crippen LogP contribution >= 0.6 is 11.8 Å². The summed E-state index contributed by atoms with van der Waals surface area (Å²) < 4.78 is 0. The number of hydrogen-bond acceptors (Lipinski definition) is 2. The van der Waals surface area contributed by atoms with Gasteiger partial charge in [0.1, 0.15) is 0 Å². The summed E-state index contributed by atoms with van der Waals surface area (Å²) >= 11 is 2.03. The van der Waals surface area contributed by atoms with Crippen molar-refractivity contribution in [2.75, 3.05) is 6.54 Å². The van der Waals surface area contributed by atoms with E-state index in [0.717, 1.165) is 5.25 Å². The van der Waals surface area contributed by atoms with Crippen LogP contribution in [0.2, 0.25) is 0 Å². The maximum Gasteiger partial charge on any atom is 0.0506 e. The fourth-order valence-corrected chi connectivity index (χ4v) is 2.12. The van der Waals surface area contributed by atoms with Gasteiger partial charge in [0.05, 0.1) is 5.37 Å². The molecule has 1 fully saturated rings. The number of rotatable bonds is 0. The highest BCUT2D eigenvalue weighted by Crippen LogP contribution is 2.21. The molecule has 0 aliphatic carbocycles. The zero-order valence-electron chi connectivity index (χ0n) is 5.48. The fraction of sp³-hybridized carbons (Fsp3) is 1.00. The van der Waals surface area contributed by atoms with E-state index >= 15 is 0 Å². The Labute approximate surface area is 55.2 Å². The second kappa shape index (κ2) is 2.74. The van der Waals surface area contributed by atoms with Crippen LogP contribution < -0.4 is 5.32 Å². The minimum absolute atomic E-state index is 0.679. The van der Waals surface area contributed by atoms with Gasteiger partial charge < -0.3 is 5.32 Å². The molecule has 2 heteroatoms. The molecule has 0 aromatic heterocycles. The van der Waals surface area contributed by atoms with Gasteiger partial charge in [-0.15, -0.1) is 11.8 Å². The second-order valence-corrected chi connectivity index (χ2v) is 4.12. The summed E-state index contributed by atoms with van der Waals surface area (Å²) in [7, 11) is 0. The smallest absolute Gasteiger partial charge is 0.0506 e. The van der Waals surface area contributed by atoms with Crippen LogP contribution in [-0.2, 0) is 0 Å². The van der Waals surface area contributed by atoms with E-state index in [1.807, 2.05) is 11.8 Å². The monoisotopic (exact) mass is 131 g/mol. The highest BCUT2D eigenvalue weighted by Gasteiger charge is 2.13. The summed E-state index contributed by atoms with van der Waals surface area (Å²) in [5, 5.41) is 4.92. The van der Waals surface area contributed by atoms with Crippen LogP contribution in [0.15, 0.2) is 0 Å². The molecule has 1 heterocycles. The molecular formula is C6H13NS. The van der Waals surface area contributed by atoms with E-state index in [1.54, 1.807) is 0 Å². The summed E-state index contributed by atoms with van der Waals surface area (Å²) in [5.74, 6) is 0. The number of hydrogen-bond donors (Lipinski definition) is 1. The molecule has 1 aliphatic rings. The molecular weight excluding hydrogens is 118 g/mol. The molecule has 0 saturated carbocycles. The van der Waals surface area contributed by atoms with Crippen LogP contribution in [0.25, 0.3) is 0 Å². The van der Waals surface area contributed by atoms with E-state index in [2.05, 4.69) is 19.2 Å². The van der Waals surface area contributed by atoms with Gasteiger partial charge in [-0.25, -0.2) is 0 Å². The van der Waals surface area contributed by atoms with Crippen molar-refractivity contribution in [3.05, 3.63) is 0 Å². The van der Waals surface area contributed by atoms with Crippen molar-refractivity contribution >= 4 is 11.8 Å². The molecule has 0 aromatic carbocycles. The van der Waals surface area contributed by atoms with Gasteiger partial charge in [-0.1, -0.05) is 6.92 Å². The maximum atomic E-state index is 3.38. The lowest BCUT2D eigenvalue weighted by atomic mass is 10.3. The van der Waals surface area contributed by atoms with Gasteiger partial charge in [0.15, 0.2) is 0 Å². The number of thioether (sulfide) groups is 1. The van der Waals surface area contributed by atoms with Crippen LogP contribution in [0.3, 0.4) is 0 Å². The third kappa shape index (κ3) is 1.67. The fourth-order valence-electron chi connectivity index (χ4n) is 0.954. The Morgan fingerprint density at radius 3 is 2.62 bits per heavy atom. The van der Waals surface area contributed by atoms with Gasteiger partial charge in [0, 0.05) is 5.25 Å². The topological polar surface area (TPSA) is 12.0 Å². The largest absolute Gasteiger partial charge is 0.306 e. The Bertz CT molecular complexity index is 66.9. The van der Waals surface area contributed by atoms with Crippen molar-refractivity contribution in [2.24, 2.45) is 0 Å². The first-order valence-electron chi connectivity index (χ1n) is 3.18. The third-order valence-electron chi connectivity index (χ3n) is 1.42. The van der Waals surface area contributed by atoms with E-state index in [-0.39, 0.29) is 0 Å². The van der Waals surface area contributed by atoms with Gasteiger partial charge in [-0.3, -0.25) is 0 Å². The zero-order chi connectivity index (χ0) is 5.98. The van der Waals surface area contributed by atoms with Crippen LogP contribution in [0.1, 0.15) is 20.3 Å². The molecule has 2 unspecified atom stereocenters. The first kappa shape index (κ1) is 6.43. The summed E-state index contributed by atoms with van der Waals surface area (Å²) in [6.45, 7) is 5.72. The average molecular weight is 131 g/mol. The zero-order valence-corrected chi connectivity index (χ0v) is 6.29. The Morgan fingerprint density at radius 2 is 2.25 bits per heavy atom. The van der Waals surface area contributed by atoms with Crippen molar-refractivity contribution in [1.82, 2.24) is 5.32 Å². The standard InChI is InChI=1S/C6H13NS/c1-5-3-4-7-6(2)8-5/h5-7H,3-4H2,1-2H3. The minimum Gasteiger partial charge on any atom is -0.306 e. The maximum absolute atomic E-state index is 3.38. The number of nitrogens with one attached hydrogen (secondary N) is 1. The second-order valence-electron chi connectivity index (χ2n) is 2.33. The predicted octanol–water partition coefficient (Wildman–Crippen LogP) is 1.45. The van der Waals surface area contributed by atoms with Gasteiger partial charge >= 0.3 is 0 Å². The van der Waals surface area contributed by atoms with Gasteiger partial charge in [0.2, 0.25) is 0 Å². The first-order chi connectivity index (χ1) is 3.79. The quantitative estimate of drug-likeness (QED) is 0.534. The lowest BCUT2D eigenvalue weighted by Gasteiger charge is -2.24. The van der Waals surface area contributed by atoms with E-state index < -0.39 is 0 Å². The molecule has 0 amide bonds. The van der Waals surface area contributed by atoms with Crippen molar-refractivity contribution in [2.45, 2.75) is 30.9 Å². The molecule has 2 atom stereocenters. The molecule has 0 aromatic rings. The SMILES string of the molecule is CC1CCNC(C)S1. The molecule has 1 rings (SSSR count). The lowest BCUT2D eigenvalue weighted by molar-refractivity contribution is 0.613. The molecule has 1 nitrogen and oxygen atoms in total. The van der Waals surface area contributed by atoms with Crippen LogP contribution in [0, 0.1) is 0 Å². The van der Waals surface area contributed by atoms with Crippen molar-refractivity contribution < 1.29 is 0 Å². The minimum atomic E-state index is 0.679. The average Bonchev–Trinajstić information content (AvgIpc) is 1.64. The summed E-state index contributed by atoms with van der Waals surface area (Å²) in [4.78, 5) is 0. The molecule has 8 heavy (non-hydrogen) atoms. The predicted molar refractivity (Wildman–Crippen MR) is 39.1 cm³/mol. The van der Waals surface area contributed by atoms with Crippen LogP contribution in [0.4, 0.5) is 0 Å². The van der Waals surface area contributed by atoms with E-state index in [0.29, 0.717) is 5.37 Å². The molecule has 0 spiro atoms.